The summed E-state index contributed by atoms with van der Waals surface area (Å²) in [4.78, 5) is 0. The van der Waals surface area contributed by atoms with Gasteiger partial charge in [-0.05, 0) is 42.5 Å². The summed E-state index contributed by atoms with van der Waals surface area (Å²) in [6, 6.07) is 18.8. The molecule has 2 nitrogen and oxygen atoms in total. The van der Waals surface area contributed by atoms with Crippen molar-refractivity contribution in [3.8, 4) is 5.75 Å². The maximum absolute atomic E-state index is 6.54. The maximum atomic E-state index is 6.54. The highest BCUT2D eigenvalue weighted by atomic mass is 16.5. The molecular formula is C19H23NO. The highest BCUT2D eigenvalue weighted by Gasteiger charge is 2.24. The normalized spacial score (nSPS) is 17.2. The Bertz CT molecular complexity index is 577. The molecule has 110 valence electrons. The highest BCUT2D eigenvalue weighted by molar-refractivity contribution is 5.34. The fourth-order valence-electron chi connectivity index (χ4n) is 2.80. The number of ether oxygens (including phenoxy) is 1. The molecule has 2 heteroatoms. The van der Waals surface area contributed by atoms with Crippen LogP contribution in [0.2, 0.25) is 0 Å². The number of nitrogens with two attached hydrogens (primary N) is 1. The van der Waals surface area contributed by atoms with Gasteiger partial charge in [0, 0.05) is 12.0 Å². The van der Waals surface area contributed by atoms with E-state index in [0.29, 0.717) is 12.0 Å². The molecule has 2 aromatic carbocycles. The van der Waals surface area contributed by atoms with E-state index in [-0.39, 0.29) is 6.04 Å². The Morgan fingerprint density at radius 1 is 1.05 bits per heavy atom. The lowest BCUT2D eigenvalue weighted by atomic mass is 9.86. The van der Waals surface area contributed by atoms with Crippen molar-refractivity contribution in [2.45, 2.75) is 44.2 Å². The molecule has 1 aliphatic rings. The lowest BCUT2D eigenvalue weighted by Crippen LogP contribution is -2.19. The van der Waals surface area contributed by atoms with Gasteiger partial charge < -0.3 is 10.5 Å². The first kappa shape index (κ1) is 14.2. The van der Waals surface area contributed by atoms with E-state index in [2.05, 4.69) is 43.3 Å². The zero-order chi connectivity index (χ0) is 14.7. The molecule has 0 heterocycles. The van der Waals surface area contributed by atoms with Crippen molar-refractivity contribution in [2.24, 2.45) is 5.73 Å². The van der Waals surface area contributed by atoms with Crippen LogP contribution in [0.25, 0.3) is 0 Å². The molecule has 0 radical (unpaired) electrons. The third-order valence-corrected chi connectivity index (χ3v) is 4.17. The Balaban J connectivity index is 1.80. The Morgan fingerprint density at radius 3 is 2.43 bits per heavy atom. The predicted octanol–water partition coefficient (Wildman–Crippen LogP) is 4.42. The SMILES string of the molecule is CCC(c1ccccc1)C(N)c1cccc(OC2CC2)c1. The van der Waals surface area contributed by atoms with Crippen LogP contribution in [-0.2, 0) is 0 Å². The molecule has 0 spiro atoms. The fraction of sp³-hybridized carbons (Fsp3) is 0.368. The van der Waals surface area contributed by atoms with E-state index in [9.17, 15) is 0 Å². The molecule has 1 fully saturated rings. The monoisotopic (exact) mass is 281 g/mol. The van der Waals surface area contributed by atoms with Crippen LogP contribution < -0.4 is 10.5 Å². The Morgan fingerprint density at radius 2 is 1.76 bits per heavy atom. The van der Waals surface area contributed by atoms with Crippen LogP contribution in [0.1, 0.15) is 49.3 Å². The fourth-order valence-corrected chi connectivity index (χ4v) is 2.80. The van der Waals surface area contributed by atoms with Crippen LogP contribution in [0.3, 0.4) is 0 Å². The van der Waals surface area contributed by atoms with Gasteiger partial charge in [0.25, 0.3) is 0 Å². The molecule has 0 aromatic heterocycles. The molecule has 0 amide bonds. The molecule has 0 bridgehead atoms. The minimum Gasteiger partial charge on any atom is -0.490 e. The standard InChI is InChI=1S/C19H23NO/c1-2-18(14-7-4-3-5-8-14)19(20)15-9-6-10-17(13-15)21-16-11-12-16/h3-10,13,16,18-19H,2,11-12,20H2,1H3. The Hall–Kier alpha value is -1.80. The quantitative estimate of drug-likeness (QED) is 0.850. The molecule has 3 rings (SSSR count). The number of hydrogen-bond donors (Lipinski definition) is 1. The van der Waals surface area contributed by atoms with Gasteiger partial charge in [0.15, 0.2) is 0 Å². The van der Waals surface area contributed by atoms with E-state index in [0.717, 1.165) is 17.7 Å². The smallest absolute Gasteiger partial charge is 0.120 e. The summed E-state index contributed by atoms with van der Waals surface area (Å²) in [5.41, 5.74) is 9.00. The Kier molecular flexibility index (Phi) is 4.26. The minimum absolute atomic E-state index is 0.000142. The molecule has 21 heavy (non-hydrogen) atoms. The van der Waals surface area contributed by atoms with E-state index in [4.69, 9.17) is 10.5 Å². The molecule has 2 N–H and O–H groups in total. The second-order valence-electron chi connectivity index (χ2n) is 5.84. The lowest BCUT2D eigenvalue weighted by molar-refractivity contribution is 0.302. The topological polar surface area (TPSA) is 35.2 Å². The molecule has 0 saturated heterocycles. The zero-order valence-electron chi connectivity index (χ0n) is 12.5. The number of rotatable bonds is 6. The van der Waals surface area contributed by atoms with E-state index in [1.165, 1.54) is 18.4 Å². The van der Waals surface area contributed by atoms with E-state index in [1.54, 1.807) is 0 Å². The average molecular weight is 281 g/mol. The first-order chi connectivity index (χ1) is 10.3. The summed E-state index contributed by atoms with van der Waals surface area (Å²) in [5.74, 6) is 1.29. The van der Waals surface area contributed by atoms with Crippen molar-refractivity contribution in [1.82, 2.24) is 0 Å². The van der Waals surface area contributed by atoms with Crippen molar-refractivity contribution in [3.05, 3.63) is 65.7 Å². The van der Waals surface area contributed by atoms with Gasteiger partial charge in [-0.3, -0.25) is 0 Å². The van der Waals surface area contributed by atoms with Crippen LogP contribution in [0.4, 0.5) is 0 Å². The average Bonchev–Trinajstić information content (AvgIpc) is 3.33. The van der Waals surface area contributed by atoms with Gasteiger partial charge in [0.2, 0.25) is 0 Å². The van der Waals surface area contributed by atoms with Crippen molar-refractivity contribution in [3.63, 3.8) is 0 Å². The highest BCUT2D eigenvalue weighted by Crippen LogP contribution is 2.34. The summed E-state index contributed by atoms with van der Waals surface area (Å²) in [6.45, 7) is 2.20. The van der Waals surface area contributed by atoms with E-state index >= 15 is 0 Å². The van der Waals surface area contributed by atoms with Crippen molar-refractivity contribution in [1.29, 1.82) is 0 Å². The summed E-state index contributed by atoms with van der Waals surface area (Å²) in [6.07, 6.45) is 3.81. The van der Waals surface area contributed by atoms with Gasteiger partial charge in [-0.15, -0.1) is 0 Å². The second-order valence-corrected chi connectivity index (χ2v) is 5.84. The molecule has 2 atom stereocenters. The van der Waals surface area contributed by atoms with Crippen LogP contribution in [-0.4, -0.2) is 6.10 Å². The van der Waals surface area contributed by atoms with Gasteiger partial charge in [-0.2, -0.15) is 0 Å². The number of hydrogen-bond acceptors (Lipinski definition) is 2. The maximum Gasteiger partial charge on any atom is 0.120 e. The van der Waals surface area contributed by atoms with Crippen LogP contribution >= 0.6 is 0 Å². The van der Waals surface area contributed by atoms with E-state index < -0.39 is 0 Å². The summed E-state index contributed by atoms with van der Waals surface area (Å²) >= 11 is 0. The molecule has 2 aromatic rings. The zero-order valence-corrected chi connectivity index (χ0v) is 12.5. The number of benzene rings is 2. The molecule has 2 unspecified atom stereocenters. The van der Waals surface area contributed by atoms with Gasteiger partial charge >= 0.3 is 0 Å². The van der Waals surface area contributed by atoms with Crippen LogP contribution in [0, 0.1) is 0 Å². The molecule has 1 aliphatic carbocycles. The lowest BCUT2D eigenvalue weighted by Gasteiger charge is -2.24. The third-order valence-electron chi connectivity index (χ3n) is 4.17. The predicted molar refractivity (Wildman–Crippen MR) is 86.5 cm³/mol. The minimum atomic E-state index is 0.000142. The van der Waals surface area contributed by atoms with Gasteiger partial charge in [0.05, 0.1) is 6.10 Å². The van der Waals surface area contributed by atoms with Gasteiger partial charge in [-0.25, -0.2) is 0 Å². The first-order valence-corrected chi connectivity index (χ1v) is 7.85. The van der Waals surface area contributed by atoms with Gasteiger partial charge in [-0.1, -0.05) is 49.4 Å². The Labute approximate surface area is 126 Å². The summed E-state index contributed by atoms with van der Waals surface area (Å²) in [7, 11) is 0. The van der Waals surface area contributed by atoms with Crippen molar-refractivity contribution < 1.29 is 4.74 Å². The van der Waals surface area contributed by atoms with Crippen molar-refractivity contribution >= 4 is 0 Å². The first-order valence-electron chi connectivity index (χ1n) is 7.85. The molecule has 0 aliphatic heterocycles. The third kappa shape index (κ3) is 3.45. The summed E-state index contributed by atoms with van der Waals surface area (Å²) < 4.78 is 5.88. The molecule has 1 saturated carbocycles. The van der Waals surface area contributed by atoms with Gasteiger partial charge in [0.1, 0.15) is 5.75 Å². The second kappa shape index (κ2) is 6.31. The molecular weight excluding hydrogens is 258 g/mol. The van der Waals surface area contributed by atoms with Crippen LogP contribution in [0.15, 0.2) is 54.6 Å². The largest absolute Gasteiger partial charge is 0.490 e. The summed E-state index contributed by atoms with van der Waals surface area (Å²) in [5, 5.41) is 0. The van der Waals surface area contributed by atoms with Crippen LogP contribution in [0.5, 0.6) is 5.75 Å². The van der Waals surface area contributed by atoms with Crippen molar-refractivity contribution in [2.75, 3.05) is 0 Å². The van der Waals surface area contributed by atoms with E-state index in [1.807, 2.05) is 18.2 Å².